The fourth-order valence-electron chi connectivity index (χ4n) is 1.88. The highest BCUT2D eigenvalue weighted by molar-refractivity contribution is 7.10. The molecule has 0 aliphatic heterocycles. The molecule has 0 bridgehead atoms. The third-order valence-corrected chi connectivity index (χ3v) is 4.35. The SMILES string of the molecule is Cc1ccsc1C(O)CNC(=O)Cc1ccc(Cl)cc1. The summed E-state index contributed by atoms with van der Waals surface area (Å²) in [4.78, 5) is 12.7. The molecule has 0 fully saturated rings. The molecule has 2 N–H and O–H groups in total. The van der Waals surface area contributed by atoms with Crippen LogP contribution < -0.4 is 5.32 Å². The van der Waals surface area contributed by atoms with Crippen LogP contribution in [0.15, 0.2) is 35.7 Å². The Morgan fingerprint density at radius 2 is 2.05 bits per heavy atom. The summed E-state index contributed by atoms with van der Waals surface area (Å²) in [6.07, 6.45) is -0.364. The third-order valence-electron chi connectivity index (χ3n) is 2.97. The Kier molecular flexibility index (Phi) is 5.17. The molecule has 3 nitrogen and oxygen atoms in total. The van der Waals surface area contributed by atoms with Crippen LogP contribution in [0, 0.1) is 6.92 Å². The molecule has 0 radical (unpaired) electrons. The Hall–Kier alpha value is -1.36. The fraction of sp³-hybridized carbons (Fsp3) is 0.267. The number of hydrogen-bond donors (Lipinski definition) is 2. The maximum absolute atomic E-state index is 11.8. The molecule has 0 saturated carbocycles. The molecule has 2 rings (SSSR count). The highest BCUT2D eigenvalue weighted by atomic mass is 35.5. The van der Waals surface area contributed by atoms with Crippen LogP contribution in [-0.4, -0.2) is 17.6 Å². The maximum Gasteiger partial charge on any atom is 0.224 e. The Morgan fingerprint density at radius 3 is 2.65 bits per heavy atom. The molecule has 5 heteroatoms. The van der Waals surface area contributed by atoms with Gasteiger partial charge in [0.25, 0.3) is 0 Å². The molecule has 1 atom stereocenters. The van der Waals surface area contributed by atoms with Crippen molar-refractivity contribution in [2.24, 2.45) is 0 Å². The second-order valence-electron chi connectivity index (χ2n) is 4.59. The van der Waals surface area contributed by atoms with E-state index in [0.29, 0.717) is 5.02 Å². The van der Waals surface area contributed by atoms with Gasteiger partial charge < -0.3 is 10.4 Å². The third kappa shape index (κ3) is 4.07. The van der Waals surface area contributed by atoms with E-state index < -0.39 is 6.10 Å². The molecule has 20 heavy (non-hydrogen) atoms. The van der Waals surface area contributed by atoms with Gasteiger partial charge in [-0.3, -0.25) is 4.79 Å². The van der Waals surface area contributed by atoms with Crippen LogP contribution in [0.3, 0.4) is 0 Å². The first-order chi connectivity index (χ1) is 9.56. The molecule has 0 spiro atoms. The van der Waals surface area contributed by atoms with Crippen molar-refractivity contribution in [1.29, 1.82) is 0 Å². The number of halogens is 1. The van der Waals surface area contributed by atoms with E-state index in [9.17, 15) is 9.90 Å². The topological polar surface area (TPSA) is 49.3 Å². The monoisotopic (exact) mass is 309 g/mol. The maximum atomic E-state index is 11.8. The molecule has 0 aliphatic rings. The van der Waals surface area contributed by atoms with E-state index in [-0.39, 0.29) is 18.9 Å². The predicted octanol–water partition coefficient (Wildman–Crippen LogP) is 3.10. The van der Waals surface area contributed by atoms with Crippen molar-refractivity contribution in [1.82, 2.24) is 5.32 Å². The van der Waals surface area contributed by atoms with Gasteiger partial charge in [-0.25, -0.2) is 0 Å². The minimum absolute atomic E-state index is 0.111. The quantitative estimate of drug-likeness (QED) is 0.891. The van der Waals surface area contributed by atoms with Crippen molar-refractivity contribution in [3.63, 3.8) is 0 Å². The number of thiophene rings is 1. The van der Waals surface area contributed by atoms with Crippen LogP contribution in [0.4, 0.5) is 0 Å². The van der Waals surface area contributed by atoms with Crippen molar-refractivity contribution < 1.29 is 9.90 Å². The van der Waals surface area contributed by atoms with Crippen LogP contribution in [0.1, 0.15) is 22.1 Å². The lowest BCUT2D eigenvalue weighted by atomic mass is 10.1. The zero-order valence-electron chi connectivity index (χ0n) is 11.1. The Balaban J connectivity index is 1.83. The van der Waals surface area contributed by atoms with Gasteiger partial charge in [0.2, 0.25) is 5.91 Å². The van der Waals surface area contributed by atoms with Crippen molar-refractivity contribution in [2.75, 3.05) is 6.54 Å². The molecule has 1 aromatic carbocycles. The Labute approximate surface area is 127 Å². The summed E-state index contributed by atoms with van der Waals surface area (Å²) in [6.45, 7) is 2.18. The number of nitrogens with one attached hydrogen (secondary N) is 1. The smallest absolute Gasteiger partial charge is 0.224 e. The summed E-state index contributed by atoms with van der Waals surface area (Å²) in [7, 11) is 0. The highest BCUT2D eigenvalue weighted by Gasteiger charge is 2.13. The predicted molar refractivity (Wildman–Crippen MR) is 82.2 cm³/mol. The molecule has 1 unspecified atom stereocenters. The molecule has 1 heterocycles. The van der Waals surface area contributed by atoms with Crippen LogP contribution in [0.25, 0.3) is 0 Å². The lowest BCUT2D eigenvalue weighted by molar-refractivity contribution is -0.120. The van der Waals surface area contributed by atoms with Gasteiger partial charge in [-0.05, 0) is 41.6 Å². The molecule has 0 saturated heterocycles. The largest absolute Gasteiger partial charge is 0.386 e. The first-order valence-electron chi connectivity index (χ1n) is 6.29. The van der Waals surface area contributed by atoms with E-state index in [2.05, 4.69) is 5.32 Å². The van der Waals surface area contributed by atoms with E-state index in [0.717, 1.165) is 16.0 Å². The number of hydrogen-bond acceptors (Lipinski definition) is 3. The standard InChI is InChI=1S/C15H16ClNO2S/c1-10-6-7-20-15(10)13(18)9-17-14(19)8-11-2-4-12(16)5-3-11/h2-7,13,18H,8-9H2,1H3,(H,17,19). The van der Waals surface area contributed by atoms with Gasteiger partial charge >= 0.3 is 0 Å². The average Bonchev–Trinajstić information content (AvgIpc) is 2.85. The summed E-state index contributed by atoms with van der Waals surface area (Å²) in [5.74, 6) is -0.111. The van der Waals surface area contributed by atoms with E-state index in [1.165, 1.54) is 11.3 Å². The highest BCUT2D eigenvalue weighted by Crippen LogP contribution is 2.23. The fourth-order valence-corrected chi connectivity index (χ4v) is 2.92. The van der Waals surface area contributed by atoms with Gasteiger partial charge in [-0.1, -0.05) is 23.7 Å². The molecule has 2 aromatic rings. The van der Waals surface area contributed by atoms with Crippen molar-refractivity contribution in [3.8, 4) is 0 Å². The number of carbonyl (C=O) groups excluding carboxylic acids is 1. The van der Waals surface area contributed by atoms with Gasteiger partial charge in [0.15, 0.2) is 0 Å². The molecule has 1 aromatic heterocycles. The van der Waals surface area contributed by atoms with Gasteiger partial charge in [0.1, 0.15) is 6.10 Å². The van der Waals surface area contributed by atoms with E-state index >= 15 is 0 Å². The molecule has 0 aliphatic carbocycles. The lowest BCUT2D eigenvalue weighted by Gasteiger charge is -2.11. The summed E-state index contributed by atoms with van der Waals surface area (Å²) in [5, 5.41) is 15.4. The molecular formula is C15H16ClNO2S. The number of aryl methyl sites for hydroxylation is 1. The summed E-state index contributed by atoms with van der Waals surface area (Å²) < 4.78 is 0. The van der Waals surface area contributed by atoms with Crippen LogP contribution >= 0.6 is 22.9 Å². The van der Waals surface area contributed by atoms with Crippen molar-refractivity contribution in [3.05, 3.63) is 56.7 Å². The van der Waals surface area contributed by atoms with Crippen LogP contribution in [-0.2, 0) is 11.2 Å². The van der Waals surface area contributed by atoms with Crippen LogP contribution in [0.5, 0.6) is 0 Å². The van der Waals surface area contributed by atoms with Gasteiger partial charge in [0.05, 0.1) is 6.42 Å². The number of aliphatic hydroxyl groups is 1. The molecule has 1 amide bonds. The van der Waals surface area contributed by atoms with Gasteiger partial charge in [-0.2, -0.15) is 0 Å². The van der Waals surface area contributed by atoms with Crippen molar-refractivity contribution >= 4 is 28.8 Å². The summed E-state index contributed by atoms with van der Waals surface area (Å²) >= 11 is 7.29. The lowest BCUT2D eigenvalue weighted by Crippen LogP contribution is -2.29. The molecular weight excluding hydrogens is 294 g/mol. The number of amides is 1. The first kappa shape index (κ1) is 15.0. The zero-order chi connectivity index (χ0) is 14.5. The Bertz CT molecular complexity index is 580. The van der Waals surface area contributed by atoms with E-state index in [1.807, 2.05) is 30.5 Å². The number of rotatable bonds is 5. The van der Waals surface area contributed by atoms with E-state index in [4.69, 9.17) is 11.6 Å². The second-order valence-corrected chi connectivity index (χ2v) is 5.98. The molecule has 106 valence electrons. The van der Waals surface area contributed by atoms with Crippen molar-refractivity contribution in [2.45, 2.75) is 19.4 Å². The number of carbonyl (C=O) groups is 1. The van der Waals surface area contributed by atoms with Crippen LogP contribution in [0.2, 0.25) is 5.02 Å². The minimum atomic E-state index is -0.649. The normalized spacial score (nSPS) is 12.2. The zero-order valence-corrected chi connectivity index (χ0v) is 12.7. The Morgan fingerprint density at radius 1 is 1.35 bits per heavy atom. The number of benzene rings is 1. The summed E-state index contributed by atoms with van der Waals surface area (Å²) in [6, 6.07) is 9.12. The first-order valence-corrected chi connectivity index (χ1v) is 7.55. The second kappa shape index (κ2) is 6.88. The van der Waals surface area contributed by atoms with Gasteiger partial charge in [-0.15, -0.1) is 11.3 Å². The average molecular weight is 310 g/mol. The number of aliphatic hydroxyl groups excluding tert-OH is 1. The minimum Gasteiger partial charge on any atom is -0.386 e. The van der Waals surface area contributed by atoms with Gasteiger partial charge in [0, 0.05) is 16.4 Å². The summed E-state index contributed by atoms with van der Waals surface area (Å²) in [5.41, 5.74) is 1.95. The van der Waals surface area contributed by atoms with E-state index in [1.54, 1.807) is 12.1 Å².